The van der Waals surface area contributed by atoms with Gasteiger partial charge in [0.05, 0.1) is 0 Å². The Morgan fingerprint density at radius 2 is 1.57 bits per heavy atom. The molecule has 0 aliphatic heterocycles. The zero-order chi connectivity index (χ0) is 9.70. The molecule has 0 heterocycles. The maximum Gasteiger partial charge on any atom is 1.00 e. The third kappa shape index (κ3) is 1010. The van der Waals surface area contributed by atoms with Crippen LogP contribution in [0.25, 0.3) is 0 Å². The van der Waals surface area contributed by atoms with Crippen LogP contribution in [-0.4, -0.2) is 29.2 Å². The minimum absolute atomic E-state index is 0. The van der Waals surface area contributed by atoms with E-state index in [1.807, 2.05) is 0 Å². The first-order valence-corrected chi connectivity index (χ1v) is 1.97. The summed E-state index contributed by atoms with van der Waals surface area (Å²) in [6, 6.07) is 0. The first kappa shape index (κ1) is 36.8. The topological polar surface area (TPSA) is 152 Å². The summed E-state index contributed by atoms with van der Waals surface area (Å²) in [4.78, 5) is 36.5. The maximum absolute atomic E-state index is 9.00. The summed E-state index contributed by atoms with van der Waals surface area (Å²) in [5, 5.41) is 15.8. The molecule has 0 rings (SSSR count). The Kier molecular flexibility index (Phi) is 134. The molecule has 3 N–H and O–H groups in total. The number of carbonyl (C=O) groups is 2. The van der Waals surface area contributed by atoms with E-state index in [4.69, 9.17) is 29.5 Å². The van der Waals surface area contributed by atoms with Crippen LogP contribution >= 0.6 is 0 Å². The van der Waals surface area contributed by atoms with E-state index < -0.39 is 5.97 Å². The third-order valence-corrected chi connectivity index (χ3v) is 0.0393. The molecular weight excluding hydrogens is 222 g/mol. The fourth-order valence-electron chi connectivity index (χ4n) is 0. The summed E-state index contributed by atoms with van der Waals surface area (Å²) in [5.74, 6) is -0.833. The van der Waals surface area contributed by atoms with E-state index in [1.165, 1.54) is 0 Å². The number of hydrogen-bond donors (Lipinski definition) is 1. The Labute approximate surface area is 125 Å². The van der Waals surface area contributed by atoms with E-state index in [-0.39, 0.29) is 78.6 Å². The summed E-state index contributed by atoms with van der Waals surface area (Å²) in [6.45, 7) is 0.903. The van der Waals surface area contributed by atoms with Gasteiger partial charge in [0.15, 0.2) is 0 Å². The monoisotopic (exact) mass is 230 g/mol. The van der Waals surface area contributed by atoms with Crippen LogP contribution in [0.5, 0.6) is 0 Å². The van der Waals surface area contributed by atoms with E-state index in [0.29, 0.717) is 0 Å². The van der Waals surface area contributed by atoms with Crippen LogP contribution in [-0.2, 0) is 24.1 Å². The number of rotatable bonds is 1. The van der Waals surface area contributed by atoms with Crippen molar-refractivity contribution in [1.82, 2.24) is 0 Å². The SMILES string of the molecule is CC(=O)O.O.O=C=O.O=CO[O-].[H-].[Na+].[Na+]. The fraction of sp³-hybridized carbons (Fsp3) is 0.250. The van der Waals surface area contributed by atoms with Gasteiger partial charge in [0, 0.05) is 6.92 Å². The van der Waals surface area contributed by atoms with Crippen molar-refractivity contribution >= 4 is 18.6 Å². The van der Waals surface area contributed by atoms with Gasteiger partial charge < -0.3 is 22.2 Å². The van der Waals surface area contributed by atoms with Crippen molar-refractivity contribution in [2.45, 2.75) is 6.92 Å². The van der Waals surface area contributed by atoms with Crippen LogP contribution < -0.4 is 64.4 Å². The molecule has 0 aromatic heterocycles. The molecule has 14 heavy (non-hydrogen) atoms. The summed E-state index contributed by atoms with van der Waals surface area (Å²) >= 11 is 0. The largest absolute Gasteiger partial charge is 1.00 e. The second kappa shape index (κ2) is 50.9. The first-order valence-electron chi connectivity index (χ1n) is 1.97. The summed E-state index contributed by atoms with van der Waals surface area (Å²) in [7, 11) is 0. The molecule has 0 unspecified atom stereocenters. The number of carboxylic acid groups (broad SMARTS) is 1. The van der Waals surface area contributed by atoms with Crippen LogP contribution in [0, 0.1) is 0 Å². The average Bonchev–Trinajstić information content (AvgIpc) is 1.88. The molecule has 0 bridgehead atoms. The Bertz CT molecular complexity index is 133. The molecule has 0 spiro atoms. The maximum atomic E-state index is 9.00. The van der Waals surface area contributed by atoms with Crippen molar-refractivity contribution in [2.75, 3.05) is 0 Å². The van der Waals surface area contributed by atoms with Crippen LogP contribution in [0.15, 0.2) is 0 Å². The number of aliphatic carboxylic acids is 1. The van der Waals surface area contributed by atoms with Crippen molar-refractivity contribution in [2.24, 2.45) is 0 Å². The van der Waals surface area contributed by atoms with E-state index in [2.05, 4.69) is 4.89 Å². The normalized spacial score (nSPS) is 3.86. The Morgan fingerprint density at radius 1 is 1.50 bits per heavy atom. The molecule has 8 nitrogen and oxygen atoms in total. The van der Waals surface area contributed by atoms with Gasteiger partial charge in [-0.2, -0.15) is 9.59 Å². The summed E-state index contributed by atoms with van der Waals surface area (Å²) < 4.78 is 0. The van der Waals surface area contributed by atoms with Gasteiger partial charge in [0.1, 0.15) is 0 Å². The van der Waals surface area contributed by atoms with Crippen molar-refractivity contribution < 1.29 is 100 Å². The minimum atomic E-state index is -0.833. The molecule has 0 fully saturated rings. The van der Waals surface area contributed by atoms with Gasteiger partial charge in [-0.25, -0.2) is 0 Å². The molecule has 0 aromatic carbocycles. The molecule has 0 aromatic rings. The quantitative estimate of drug-likeness (QED) is 0.203. The van der Waals surface area contributed by atoms with Crippen molar-refractivity contribution in [3.63, 3.8) is 0 Å². The Morgan fingerprint density at radius 3 is 1.57 bits per heavy atom. The number of hydrogen-bond acceptors (Lipinski definition) is 6. The molecular formula is C4H8Na2O8. The van der Waals surface area contributed by atoms with Gasteiger partial charge in [-0.15, -0.1) is 0 Å². The zero-order valence-corrected chi connectivity index (χ0v) is 12.0. The second-order valence-electron chi connectivity index (χ2n) is 0.795. The summed E-state index contributed by atoms with van der Waals surface area (Å²) in [6.07, 6.45) is 0.250. The number of carboxylic acids is 1. The van der Waals surface area contributed by atoms with Gasteiger partial charge in [0.25, 0.3) is 12.4 Å². The predicted molar refractivity (Wildman–Crippen MR) is 30.2 cm³/mol. The van der Waals surface area contributed by atoms with E-state index >= 15 is 0 Å². The molecule has 0 radical (unpaired) electrons. The molecule has 0 saturated carbocycles. The van der Waals surface area contributed by atoms with Gasteiger partial charge in [-0.1, -0.05) is 0 Å². The van der Waals surface area contributed by atoms with Gasteiger partial charge in [-0.3, -0.25) is 9.59 Å². The average molecular weight is 230 g/mol. The van der Waals surface area contributed by atoms with Crippen LogP contribution in [0.3, 0.4) is 0 Å². The molecule has 0 amide bonds. The molecule has 74 valence electrons. The summed E-state index contributed by atoms with van der Waals surface area (Å²) in [5.41, 5.74) is 0. The second-order valence-corrected chi connectivity index (χ2v) is 0.795. The molecule has 0 atom stereocenters. The van der Waals surface area contributed by atoms with Crippen LogP contribution in [0.2, 0.25) is 0 Å². The van der Waals surface area contributed by atoms with E-state index in [0.717, 1.165) is 6.92 Å². The molecule has 0 saturated heterocycles. The molecule has 0 aliphatic rings. The van der Waals surface area contributed by atoms with Crippen LogP contribution in [0.1, 0.15) is 8.35 Å². The van der Waals surface area contributed by atoms with Crippen molar-refractivity contribution in [3.05, 3.63) is 0 Å². The zero-order valence-electron chi connectivity index (χ0n) is 8.97. The number of carbonyl (C=O) groups excluding carboxylic acids is 3. The Hall–Kier alpha value is 0.240. The van der Waals surface area contributed by atoms with Gasteiger partial charge in [0.2, 0.25) is 0 Å². The standard InChI is InChI=1S/C2H4O2.CH2O3.CO2.2Na.H2O.H/c1-2(3)4;2-1-4-3;2-1-3;;;;/h1H3,(H,3,4);1,3H;;;;1H2;/q;;;2*+1;;-1/p-1. The smallest absolute Gasteiger partial charge is 1.00 e. The Balaban J connectivity index is -0.0000000114. The first-order chi connectivity index (χ1) is 5.06. The molecule has 0 aliphatic carbocycles. The predicted octanol–water partition coefficient (Wildman–Crippen LogP) is -8.76. The third-order valence-electron chi connectivity index (χ3n) is 0.0393. The van der Waals surface area contributed by atoms with Crippen molar-refractivity contribution in [1.29, 1.82) is 0 Å². The van der Waals surface area contributed by atoms with Crippen molar-refractivity contribution in [3.8, 4) is 0 Å². The van der Waals surface area contributed by atoms with Gasteiger partial charge >= 0.3 is 65.3 Å². The van der Waals surface area contributed by atoms with Crippen LogP contribution in [0.4, 0.5) is 0 Å². The van der Waals surface area contributed by atoms with E-state index in [9.17, 15) is 0 Å². The van der Waals surface area contributed by atoms with E-state index in [1.54, 1.807) is 0 Å². The minimum Gasteiger partial charge on any atom is -1.00 e. The molecule has 10 heteroatoms. The fourth-order valence-corrected chi connectivity index (χ4v) is 0. The van der Waals surface area contributed by atoms with Gasteiger partial charge in [-0.05, 0) is 0 Å².